The van der Waals surface area contributed by atoms with Crippen LogP contribution in [0.2, 0.25) is 0 Å². The molecule has 4 heteroatoms. The monoisotopic (exact) mass is 321 g/mol. The average Bonchev–Trinajstić information content (AvgIpc) is 2.66. The zero-order valence-electron chi connectivity index (χ0n) is 13.8. The number of carbonyl (C=O) groups is 2. The normalized spacial score (nSPS) is 12.8. The predicted octanol–water partition coefficient (Wildman–Crippen LogP) is 3.53. The second kappa shape index (κ2) is 6.71. The van der Waals surface area contributed by atoms with E-state index in [1.807, 2.05) is 18.2 Å². The molecule has 4 nitrogen and oxygen atoms in total. The Morgan fingerprint density at radius 2 is 1.67 bits per heavy atom. The Morgan fingerprint density at radius 1 is 1.00 bits per heavy atom. The Hall–Kier alpha value is -2.88. The highest BCUT2D eigenvalue weighted by Crippen LogP contribution is 2.29. The fraction of sp³-hybridized carbons (Fsp3) is 0.200. The maximum atomic E-state index is 12.8. The summed E-state index contributed by atoms with van der Waals surface area (Å²) >= 11 is 0. The van der Waals surface area contributed by atoms with Crippen molar-refractivity contribution in [2.24, 2.45) is 0 Å². The molecule has 1 amide bonds. The van der Waals surface area contributed by atoms with Gasteiger partial charge in [0.25, 0.3) is 5.91 Å². The van der Waals surface area contributed by atoms with Crippen LogP contribution in [-0.4, -0.2) is 30.9 Å². The Labute approximate surface area is 141 Å². The summed E-state index contributed by atoms with van der Waals surface area (Å²) in [5.41, 5.74) is 4.26. The lowest BCUT2D eigenvalue weighted by atomic mass is 9.94. The van der Waals surface area contributed by atoms with Gasteiger partial charge in [0.15, 0.2) is 0 Å². The molecule has 2 aromatic rings. The molecule has 1 aliphatic rings. The van der Waals surface area contributed by atoms with E-state index in [2.05, 4.69) is 16.9 Å². The van der Waals surface area contributed by atoms with Gasteiger partial charge in [-0.3, -0.25) is 4.79 Å². The molecule has 0 atom stereocenters. The van der Waals surface area contributed by atoms with E-state index in [1.165, 1.54) is 12.7 Å². The number of hydrogen-bond acceptors (Lipinski definition) is 3. The summed E-state index contributed by atoms with van der Waals surface area (Å²) in [5, 5.41) is 0. The minimum absolute atomic E-state index is 0.102. The number of nitrogens with zero attached hydrogens (tertiary/aromatic N) is 1. The molecule has 3 rings (SSSR count). The van der Waals surface area contributed by atoms with E-state index in [0.717, 1.165) is 24.1 Å². The number of allylic oxidation sites excluding steroid dienone is 1. The molecule has 2 aromatic carbocycles. The molecule has 0 aromatic heterocycles. The fourth-order valence-electron chi connectivity index (χ4n) is 2.95. The summed E-state index contributed by atoms with van der Waals surface area (Å²) in [4.78, 5) is 25.9. The Bertz CT molecular complexity index is 806. The molecule has 0 heterocycles. The number of benzene rings is 2. The van der Waals surface area contributed by atoms with Crippen LogP contribution in [0.5, 0.6) is 0 Å². The molecule has 24 heavy (non-hydrogen) atoms. The molecule has 0 unspecified atom stereocenters. The van der Waals surface area contributed by atoms with E-state index in [4.69, 9.17) is 0 Å². The first-order valence-corrected chi connectivity index (χ1v) is 7.86. The van der Waals surface area contributed by atoms with E-state index in [0.29, 0.717) is 11.1 Å². The lowest BCUT2D eigenvalue weighted by molar-refractivity contribution is 0.0600. The molecular formula is C20H19NO3. The molecule has 0 N–H and O–H groups in total. The van der Waals surface area contributed by atoms with Gasteiger partial charge in [0.2, 0.25) is 0 Å². The third-order valence-corrected chi connectivity index (χ3v) is 4.26. The number of ether oxygens (including phenoxy) is 1. The molecule has 0 saturated carbocycles. The van der Waals surface area contributed by atoms with Crippen LogP contribution in [0.3, 0.4) is 0 Å². The summed E-state index contributed by atoms with van der Waals surface area (Å²) in [5.74, 6) is -0.513. The van der Waals surface area contributed by atoms with Crippen molar-refractivity contribution in [3.8, 4) is 0 Å². The number of amides is 1. The number of aryl methyl sites for hydroxylation is 1. The van der Waals surface area contributed by atoms with E-state index in [9.17, 15) is 9.59 Å². The number of carbonyl (C=O) groups excluding carboxylic acids is 2. The quantitative estimate of drug-likeness (QED) is 0.813. The van der Waals surface area contributed by atoms with Gasteiger partial charge in [0.05, 0.1) is 12.7 Å². The molecule has 0 saturated heterocycles. The van der Waals surface area contributed by atoms with Crippen LogP contribution in [0.25, 0.3) is 5.70 Å². The van der Waals surface area contributed by atoms with Gasteiger partial charge in [-0.25, -0.2) is 4.79 Å². The Morgan fingerprint density at radius 3 is 2.38 bits per heavy atom. The molecule has 1 aliphatic carbocycles. The van der Waals surface area contributed by atoms with Crippen molar-refractivity contribution >= 4 is 17.6 Å². The van der Waals surface area contributed by atoms with E-state index in [-0.39, 0.29) is 5.91 Å². The molecule has 0 aliphatic heterocycles. The second-order valence-electron chi connectivity index (χ2n) is 5.72. The summed E-state index contributed by atoms with van der Waals surface area (Å²) < 4.78 is 4.67. The number of esters is 1. The number of methoxy groups -OCH3 is 1. The smallest absolute Gasteiger partial charge is 0.337 e. The minimum Gasteiger partial charge on any atom is -0.465 e. The zero-order chi connectivity index (χ0) is 17.1. The van der Waals surface area contributed by atoms with E-state index in [1.54, 1.807) is 36.2 Å². The number of hydrogen-bond donors (Lipinski definition) is 0. The molecule has 0 bridgehead atoms. The van der Waals surface area contributed by atoms with Crippen molar-refractivity contribution in [1.82, 2.24) is 4.90 Å². The third-order valence-electron chi connectivity index (χ3n) is 4.26. The van der Waals surface area contributed by atoms with Crippen molar-refractivity contribution in [3.05, 3.63) is 76.9 Å². The van der Waals surface area contributed by atoms with Gasteiger partial charge < -0.3 is 9.64 Å². The second-order valence-corrected chi connectivity index (χ2v) is 5.72. The molecule has 122 valence electrons. The van der Waals surface area contributed by atoms with Gasteiger partial charge in [-0.05, 0) is 42.7 Å². The van der Waals surface area contributed by atoms with Crippen LogP contribution < -0.4 is 0 Å². The summed E-state index contributed by atoms with van der Waals surface area (Å²) in [6, 6.07) is 14.7. The van der Waals surface area contributed by atoms with Crippen molar-refractivity contribution in [1.29, 1.82) is 0 Å². The fourth-order valence-corrected chi connectivity index (χ4v) is 2.95. The maximum Gasteiger partial charge on any atom is 0.337 e. The van der Waals surface area contributed by atoms with Crippen LogP contribution in [-0.2, 0) is 11.2 Å². The highest BCUT2D eigenvalue weighted by Gasteiger charge is 2.21. The number of fused-ring (bicyclic) bond motifs is 1. The lowest BCUT2D eigenvalue weighted by Crippen LogP contribution is -2.26. The summed E-state index contributed by atoms with van der Waals surface area (Å²) in [6.45, 7) is 0. The van der Waals surface area contributed by atoms with E-state index >= 15 is 0 Å². The maximum absolute atomic E-state index is 12.8. The lowest BCUT2D eigenvalue weighted by Gasteiger charge is -2.26. The van der Waals surface area contributed by atoms with E-state index < -0.39 is 5.97 Å². The van der Waals surface area contributed by atoms with Gasteiger partial charge in [-0.15, -0.1) is 0 Å². The van der Waals surface area contributed by atoms with Crippen LogP contribution in [0, 0.1) is 0 Å². The molecule has 0 spiro atoms. The van der Waals surface area contributed by atoms with Gasteiger partial charge in [-0.1, -0.05) is 30.3 Å². The van der Waals surface area contributed by atoms with Crippen LogP contribution in [0.15, 0.2) is 54.6 Å². The average molecular weight is 321 g/mol. The molecule has 0 fully saturated rings. The van der Waals surface area contributed by atoms with Crippen molar-refractivity contribution < 1.29 is 14.3 Å². The van der Waals surface area contributed by atoms with Gasteiger partial charge in [0.1, 0.15) is 0 Å². The van der Waals surface area contributed by atoms with Crippen LogP contribution in [0.4, 0.5) is 0 Å². The van der Waals surface area contributed by atoms with Crippen LogP contribution >= 0.6 is 0 Å². The van der Waals surface area contributed by atoms with Gasteiger partial charge in [0, 0.05) is 23.9 Å². The van der Waals surface area contributed by atoms with Crippen molar-refractivity contribution in [2.45, 2.75) is 12.8 Å². The van der Waals surface area contributed by atoms with Gasteiger partial charge >= 0.3 is 5.97 Å². The summed E-state index contributed by atoms with van der Waals surface area (Å²) in [6.07, 6.45) is 4.02. The number of rotatable bonds is 3. The first-order valence-electron chi connectivity index (χ1n) is 7.86. The largest absolute Gasteiger partial charge is 0.465 e. The highest BCUT2D eigenvalue weighted by molar-refractivity contribution is 6.00. The van der Waals surface area contributed by atoms with Crippen molar-refractivity contribution in [3.63, 3.8) is 0 Å². The Balaban J connectivity index is 1.85. The van der Waals surface area contributed by atoms with Crippen LogP contribution in [0.1, 0.15) is 38.3 Å². The zero-order valence-corrected chi connectivity index (χ0v) is 13.8. The summed E-state index contributed by atoms with van der Waals surface area (Å²) in [7, 11) is 3.12. The SMILES string of the molecule is COC(=O)c1ccc(C(=O)N(C)C2=CCCc3ccccc32)cc1. The highest BCUT2D eigenvalue weighted by atomic mass is 16.5. The molecular weight excluding hydrogens is 302 g/mol. The first kappa shape index (κ1) is 16.0. The topological polar surface area (TPSA) is 46.6 Å². The predicted molar refractivity (Wildman–Crippen MR) is 92.6 cm³/mol. The minimum atomic E-state index is -0.411. The third kappa shape index (κ3) is 2.95. The first-order chi connectivity index (χ1) is 11.6. The Kier molecular flexibility index (Phi) is 4.47. The van der Waals surface area contributed by atoms with Gasteiger partial charge in [-0.2, -0.15) is 0 Å². The van der Waals surface area contributed by atoms with Crippen molar-refractivity contribution in [2.75, 3.05) is 14.2 Å². The molecule has 0 radical (unpaired) electrons. The standard InChI is InChI=1S/C20H19NO3/c1-21(18-9-5-7-14-6-3-4-8-17(14)18)19(22)15-10-12-16(13-11-15)20(23)24-2/h3-4,6,8-13H,5,7H2,1-2H3.